The van der Waals surface area contributed by atoms with Gasteiger partial charge in [-0.15, -0.1) is 0 Å². The van der Waals surface area contributed by atoms with Gasteiger partial charge in [0.15, 0.2) is 0 Å². The number of hydrogen-bond acceptors (Lipinski definition) is 1. The highest BCUT2D eigenvalue weighted by atomic mass is 127. The van der Waals surface area contributed by atoms with E-state index in [-0.39, 0.29) is 29.9 Å². The van der Waals surface area contributed by atoms with Gasteiger partial charge in [0.2, 0.25) is 0 Å². The van der Waals surface area contributed by atoms with Crippen molar-refractivity contribution in [3.8, 4) is 0 Å². The van der Waals surface area contributed by atoms with Gasteiger partial charge in [0, 0.05) is 18.5 Å². The molecule has 0 unspecified atom stereocenters. The van der Waals surface area contributed by atoms with Crippen LogP contribution in [0, 0.1) is 6.92 Å². The molecule has 0 heterocycles. The Morgan fingerprint density at radius 2 is 1.72 bits per heavy atom. The quantitative estimate of drug-likeness (QED) is 0.399. The fraction of sp³-hybridized carbons (Fsp3) is 0.500. The third kappa shape index (κ3) is 6.96. The van der Waals surface area contributed by atoms with E-state index in [2.05, 4.69) is 26.5 Å². The molecule has 0 aliphatic carbocycles. The number of carbonyl (C=O) groups is 1. The zero-order valence-corrected chi connectivity index (χ0v) is 13.8. The molecule has 1 aromatic carbocycles. The second-order valence-electron chi connectivity index (χ2n) is 5.49. The Labute approximate surface area is 127 Å². The van der Waals surface area contributed by atoms with E-state index in [1.807, 2.05) is 31.2 Å². The van der Waals surface area contributed by atoms with Crippen molar-refractivity contribution in [1.29, 1.82) is 0 Å². The third-order valence-corrected chi connectivity index (χ3v) is 2.61. The van der Waals surface area contributed by atoms with Gasteiger partial charge in [0.05, 0.1) is 27.7 Å². The Kier molecular flexibility index (Phi) is 7.47. The highest BCUT2D eigenvalue weighted by molar-refractivity contribution is 5.94. The van der Waals surface area contributed by atoms with Crippen molar-refractivity contribution in [2.45, 2.75) is 13.3 Å². The lowest BCUT2D eigenvalue weighted by atomic mass is 10.1. The Bertz CT molecular complexity index is 368. The second kappa shape index (κ2) is 7.74. The number of aryl methyl sites for hydroxylation is 1. The van der Waals surface area contributed by atoms with E-state index in [1.165, 1.54) is 5.56 Å². The summed E-state index contributed by atoms with van der Waals surface area (Å²) in [5.74, 6) is 0.0198. The summed E-state index contributed by atoms with van der Waals surface area (Å²) >= 11 is 0. The van der Waals surface area contributed by atoms with Crippen LogP contribution in [0.3, 0.4) is 0 Å². The van der Waals surface area contributed by atoms with Crippen LogP contribution < -0.4 is 29.3 Å². The molecule has 0 saturated carbocycles. The van der Waals surface area contributed by atoms with Gasteiger partial charge in [-0.2, -0.15) is 0 Å². The lowest BCUT2D eigenvalue weighted by Crippen LogP contribution is -3.00. The van der Waals surface area contributed by atoms with Crippen LogP contribution in [0.2, 0.25) is 0 Å². The zero-order valence-electron chi connectivity index (χ0n) is 11.7. The molecule has 0 spiro atoms. The van der Waals surface area contributed by atoms with Crippen LogP contribution in [0.1, 0.15) is 22.3 Å². The van der Waals surface area contributed by atoms with Crippen molar-refractivity contribution in [1.82, 2.24) is 5.32 Å². The molecule has 1 rings (SSSR count). The first-order valence-electron chi connectivity index (χ1n) is 6.04. The van der Waals surface area contributed by atoms with E-state index < -0.39 is 0 Å². The maximum Gasteiger partial charge on any atom is 0.251 e. The van der Waals surface area contributed by atoms with Crippen LogP contribution in [-0.4, -0.2) is 44.6 Å². The maximum absolute atomic E-state index is 11.8. The average molecular weight is 362 g/mol. The Hall–Kier alpha value is -0.620. The average Bonchev–Trinajstić information content (AvgIpc) is 2.24. The molecule has 1 amide bonds. The Morgan fingerprint density at radius 1 is 1.17 bits per heavy atom. The number of hydrogen-bond donors (Lipinski definition) is 1. The van der Waals surface area contributed by atoms with Gasteiger partial charge >= 0.3 is 0 Å². The van der Waals surface area contributed by atoms with E-state index in [0.717, 1.165) is 29.6 Å². The predicted octanol–water partition coefficient (Wildman–Crippen LogP) is -1.17. The topological polar surface area (TPSA) is 29.1 Å². The number of carbonyl (C=O) groups excluding carboxylic acids is 1. The summed E-state index contributed by atoms with van der Waals surface area (Å²) in [5.41, 5.74) is 1.91. The van der Waals surface area contributed by atoms with Crippen molar-refractivity contribution < 1.29 is 33.3 Å². The first-order valence-corrected chi connectivity index (χ1v) is 6.04. The molecule has 0 radical (unpaired) electrons. The molecule has 3 nitrogen and oxygen atoms in total. The summed E-state index contributed by atoms with van der Waals surface area (Å²) in [6, 6.07) is 7.65. The molecule has 4 heteroatoms. The number of nitrogens with zero attached hydrogens (tertiary/aromatic N) is 1. The minimum atomic E-state index is 0. The molecule has 1 N–H and O–H groups in total. The van der Waals surface area contributed by atoms with Crippen LogP contribution >= 0.6 is 0 Å². The number of amides is 1. The van der Waals surface area contributed by atoms with Crippen molar-refractivity contribution in [3.05, 3.63) is 35.4 Å². The Balaban J connectivity index is 0.00000289. The number of quaternary nitrogens is 1. The monoisotopic (exact) mass is 362 g/mol. The molecule has 0 aliphatic heterocycles. The van der Waals surface area contributed by atoms with Gasteiger partial charge in [-0.3, -0.25) is 4.79 Å². The van der Waals surface area contributed by atoms with Gasteiger partial charge in [-0.05, 0) is 19.1 Å². The normalized spacial score (nSPS) is 10.7. The second-order valence-corrected chi connectivity index (χ2v) is 5.49. The van der Waals surface area contributed by atoms with Gasteiger partial charge in [-0.1, -0.05) is 17.7 Å². The van der Waals surface area contributed by atoms with Crippen molar-refractivity contribution in [2.24, 2.45) is 0 Å². The summed E-state index contributed by atoms with van der Waals surface area (Å²) in [4.78, 5) is 11.8. The number of rotatable bonds is 5. The van der Waals surface area contributed by atoms with Crippen molar-refractivity contribution >= 4 is 5.91 Å². The van der Waals surface area contributed by atoms with Crippen molar-refractivity contribution in [2.75, 3.05) is 34.2 Å². The minimum absolute atomic E-state index is 0. The number of halogens is 1. The van der Waals surface area contributed by atoms with Crippen LogP contribution in [0.5, 0.6) is 0 Å². The van der Waals surface area contributed by atoms with E-state index in [0.29, 0.717) is 0 Å². The number of nitrogens with one attached hydrogen (secondary N) is 1. The minimum Gasteiger partial charge on any atom is -1.00 e. The smallest absolute Gasteiger partial charge is 0.251 e. The van der Waals surface area contributed by atoms with Crippen molar-refractivity contribution in [3.63, 3.8) is 0 Å². The van der Waals surface area contributed by atoms with Crippen LogP contribution in [-0.2, 0) is 0 Å². The molecule has 0 aliphatic rings. The summed E-state index contributed by atoms with van der Waals surface area (Å²) in [6.45, 7) is 3.82. The fourth-order valence-corrected chi connectivity index (χ4v) is 1.56. The summed E-state index contributed by atoms with van der Waals surface area (Å²) in [6.07, 6.45) is 1.00. The van der Waals surface area contributed by atoms with E-state index in [1.54, 1.807) is 0 Å². The molecular weight excluding hydrogens is 339 g/mol. The predicted molar refractivity (Wildman–Crippen MR) is 71.0 cm³/mol. The highest BCUT2D eigenvalue weighted by Crippen LogP contribution is 2.02. The van der Waals surface area contributed by atoms with Gasteiger partial charge in [0.25, 0.3) is 5.91 Å². The summed E-state index contributed by atoms with van der Waals surface area (Å²) in [7, 11) is 6.46. The first-order chi connectivity index (χ1) is 7.88. The summed E-state index contributed by atoms with van der Waals surface area (Å²) < 4.78 is 0.931. The van der Waals surface area contributed by atoms with E-state index in [4.69, 9.17) is 0 Å². The molecular formula is C14H23IN2O. The Morgan fingerprint density at radius 3 is 2.22 bits per heavy atom. The molecule has 0 bridgehead atoms. The maximum atomic E-state index is 11.8. The first kappa shape index (κ1) is 17.4. The molecule has 0 aromatic heterocycles. The number of benzene rings is 1. The van der Waals surface area contributed by atoms with Crippen LogP contribution in [0.15, 0.2) is 24.3 Å². The molecule has 102 valence electrons. The SMILES string of the molecule is Cc1ccc(C(=O)NCCC[N+](C)(C)C)cc1.[I-]. The van der Waals surface area contributed by atoms with E-state index in [9.17, 15) is 4.79 Å². The molecule has 1 aromatic rings. The van der Waals surface area contributed by atoms with Gasteiger partial charge in [0.1, 0.15) is 0 Å². The largest absolute Gasteiger partial charge is 1.00 e. The van der Waals surface area contributed by atoms with Crippen LogP contribution in [0.4, 0.5) is 0 Å². The molecule has 0 saturated heterocycles. The lowest BCUT2D eigenvalue weighted by Gasteiger charge is -2.23. The molecule has 0 fully saturated rings. The zero-order chi connectivity index (χ0) is 12.9. The molecule has 0 atom stereocenters. The van der Waals surface area contributed by atoms with E-state index >= 15 is 0 Å². The third-order valence-electron chi connectivity index (χ3n) is 2.61. The molecule has 18 heavy (non-hydrogen) atoms. The standard InChI is InChI=1S/C14H22N2O.HI/c1-12-6-8-13(9-7-12)14(17)15-10-5-11-16(2,3)4;/h6-9H,5,10-11H2,1-4H3;1H. The highest BCUT2D eigenvalue weighted by Gasteiger charge is 2.07. The van der Waals surface area contributed by atoms with Crippen LogP contribution in [0.25, 0.3) is 0 Å². The lowest BCUT2D eigenvalue weighted by molar-refractivity contribution is -0.870. The summed E-state index contributed by atoms with van der Waals surface area (Å²) in [5, 5.41) is 2.94. The fourth-order valence-electron chi connectivity index (χ4n) is 1.56. The van der Waals surface area contributed by atoms with Gasteiger partial charge in [-0.25, -0.2) is 0 Å². The van der Waals surface area contributed by atoms with Gasteiger partial charge < -0.3 is 33.8 Å².